The lowest BCUT2D eigenvalue weighted by Crippen LogP contribution is -2.42. The predicted octanol–water partition coefficient (Wildman–Crippen LogP) is 1.92. The summed E-state index contributed by atoms with van der Waals surface area (Å²) in [5.74, 6) is 1.08. The topological polar surface area (TPSA) is 32.3 Å². The van der Waals surface area contributed by atoms with Crippen molar-refractivity contribution in [3.05, 3.63) is 0 Å². The molecule has 0 unspecified atom stereocenters. The molecule has 0 amide bonds. The fraction of sp³-hybridized carbons (Fsp3) is 0.929. The Morgan fingerprint density at radius 2 is 1.94 bits per heavy atom. The van der Waals surface area contributed by atoms with E-state index in [-0.39, 0.29) is 5.78 Å². The predicted molar refractivity (Wildman–Crippen MR) is 72.2 cm³/mol. The third-order valence-corrected chi connectivity index (χ3v) is 4.06. The van der Waals surface area contributed by atoms with Crippen molar-refractivity contribution < 1.29 is 4.79 Å². The van der Waals surface area contributed by atoms with Gasteiger partial charge in [-0.1, -0.05) is 13.8 Å². The Labute approximate surface area is 106 Å². The van der Waals surface area contributed by atoms with Crippen LogP contribution in [0.5, 0.6) is 0 Å². The summed E-state index contributed by atoms with van der Waals surface area (Å²) in [7, 11) is 2.20. The molecule has 3 nitrogen and oxygen atoms in total. The Kier molecular flexibility index (Phi) is 5.60. The number of nitrogens with zero attached hydrogens (tertiary/aromatic N) is 1. The maximum absolute atomic E-state index is 10.9. The average Bonchev–Trinajstić information content (AvgIpc) is 2.25. The van der Waals surface area contributed by atoms with Crippen LogP contribution >= 0.6 is 0 Å². The summed E-state index contributed by atoms with van der Waals surface area (Å²) in [5.41, 5.74) is 0.345. The molecule has 1 rings (SSSR count). The average molecular weight is 240 g/mol. The monoisotopic (exact) mass is 240 g/mol. The van der Waals surface area contributed by atoms with Gasteiger partial charge in [0.1, 0.15) is 5.78 Å². The van der Waals surface area contributed by atoms with Gasteiger partial charge in [-0.15, -0.1) is 0 Å². The van der Waals surface area contributed by atoms with Gasteiger partial charge in [0.2, 0.25) is 0 Å². The Morgan fingerprint density at radius 1 is 1.35 bits per heavy atom. The lowest BCUT2D eigenvalue weighted by molar-refractivity contribution is -0.116. The molecule has 17 heavy (non-hydrogen) atoms. The lowest BCUT2D eigenvalue weighted by atomic mass is 9.73. The van der Waals surface area contributed by atoms with Crippen molar-refractivity contribution in [3.63, 3.8) is 0 Å². The zero-order chi connectivity index (χ0) is 12.9. The van der Waals surface area contributed by atoms with E-state index in [2.05, 4.69) is 31.1 Å². The summed E-state index contributed by atoms with van der Waals surface area (Å²) in [6.45, 7) is 10.7. The van der Waals surface area contributed by atoms with Gasteiger partial charge in [0.05, 0.1) is 0 Å². The van der Waals surface area contributed by atoms with E-state index in [0.717, 1.165) is 19.0 Å². The van der Waals surface area contributed by atoms with Gasteiger partial charge in [0.25, 0.3) is 0 Å². The molecule has 0 aromatic heterocycles. The van der Waals surface area contributed by atoms with Crippen molar-refractivity contribution in [3.8, 4) is 0 Å². The van der Waals surface area contributed by atoms with Crippen LogP contribution in [0, 0.1) is 11.3 Å². The van der Waals surface area contributed by atoms with Gasteiger partial charge in [-0.3, -0.25) is 4.79 Å². The third-order valence-electron chi connectivity index (χ3n) is 4.06. The number of hydrogen-bond donors (Lipinski definition) is 1. The first kappa shape index (κ1) is 14.7. The second-order valence-corrected chi connectivity index (χ2v) is 6.19. The molecule has 3 heteroatoms. The minimum atomic E-state index is 0.273. The molecule has 1 aliphatic heterocycles. The van der Waals surface area contributed by atoms with Crippen LogP contribution in [0.15, 0.2) is 0 Å². The molecule has 0 saturated carbocycles. The van der Waals surface area contributed by atoms with Gasteiger partial charge in [-0.25, -0.2) is 0 Å². The second-order valence-electron chi connectivity index (χ2n) is 6.19. The number of ketones is 1. The Bertz CT molecular complexity index is 243. The van der Waals surface area contributed by atoms with E-state index in [9.17, 15) is 4.79 Å². The van der Waals surface area contributed by atoms with Crippen LogP contribution in [0.1, 0.15) is 40.0 Å². The molecule has 0 aliphatic carbocycles. The fourth-order valence-electron chi connectivity index (χ4n) is 2.61. The second kappa shape index (κ2) is 6.50. The molecular weight excluding hydrogens is 212 g/mol. The zero-order valence-electron chi connectivity index (χ0n) is 11.9. The summed E-state index contributed by atoms with van der Waals surface area (Å²) < 4.78 is 0. The zero-order valence-corrected chi connectivity index (χ0v) is 11.9. The van der Waals surface area contributed by atoms with Crippen LogP contribution in [-0.2, 0) is 4.79 Å². The molecule has 0 spiro atoms. The van der Waals surface area contributed by atoms with Crippen molar-refractivity contribution in [1.29, 1.82) is 0 Å². The molecule has 0 bridgehead atoms. The van der Waals surface area contributed by atoms with E-state index in [1.54, 1.807) is 6.92 Å². The van der Waals surface area contributed by atoms with Crippen LogP contribution in [0.3, 0.4) is 0 Å². The summed E-state index contributed by atoms with van der Waals surface area (Å²) in [5, 5.41) is 3.43. The molecule has 0 radical (unpaired) electrons. The highest BCUT2D eigenvalue weighted by Gasteiger charge is 2.31. The van der Waals surface area contributed by atoms with Crippen LogP contribution in [0.2, 0.25) is 0 Å². The van der Waals surface area contributed by atoms with Gasteiger partial charge in [-0.05, 0) is 51.2 Å². The third kappa shape index (κ3) is 5.17. The van der Waals surface area contributed by atoms with Crippen molar-refractivity contribution in [2.75, 3.05) is 33.2 Å². The van der Waals surface area contributed by atoms with E-state index in [4.69, 9.17) is 0 Å². The number of rotatable bonds is 6. The Morgan fingerprint density at radius 3 is 2.47 bits per heavy atom. The van der Waals surface area contributed by atoms with E-state index in [1.165, 1.54) is 25.9 Å². The van der Waals surface area contributed by atoms with E-state index in [1.807, 2.05) is 0 Å². The van der Waals surface area contributed by atoms with Crippen molar-refractivity contribution in [1.82, 2.24) is 10.2 Å². The van der Waals surface area contributed by atoms with Crippen LogP contribution in [0.4, 0.5) is 0 Å². The largest absolute Gasteiger partial charge is 0.316 e. The molecule has 0 atom stereocenters. The highest BCUT2D eigenvalue weighted by molar-refractivity contribution is 5.75. The number of likely N-dealkylation sites (tertiary alicyclic amines) is 1. The molecule has 100 valence electrons. The van der Waals surface area contributed by atoms with Crippen LogP contribution in [-0.4, -0.2) is 43.9 Å². The van der Waals surface area contributed by atoms with Gasteiger partial charge in [-0.2, -0.15) is 0 Å². The molecule has 1 fully saturated rings. The van der Waals surface area contributed by atoms with E-state index >= 15 is 0 Å². The summed E-state index contributed by atoms with van der Waals surface area (Å²) in [6.07, 6.45) is 3.26. The van der Waals surface area contributed by atoms with Gasteiger partial charge >= 0.3 is 0 Å². The number of carbonyl (C=O) groups excluding carboxylic acids is 1. The normalized spacial score (nSPS) is 19.5. The number of hydrogen-bond acceptors (Lipinski definition) is 3. The lowest BCUT2D eigenvalue weighted by Gasteiger charge is -2.40. The molecular formula is C14H28N2O. The molecule has 1 N–H and O–H groups in total. The highest BCUT2D eigenvalue weighted by atomic mass is 16.1. The molecule has 1 heterocycles. The molecule has 1 aliphatic rings. The quantitative estimate of drug-likeness (QED) is 0.720. The van der Waals surface area contributed by atoms with Crippen molar-refractivity contribution in [2.45, 2.75) is 40.0 Å². The van der Waals surface area contributed by atoms with Gasteiger partial charge in [0.15, 0.2) is 0 Å². The molecule has 0 aromatic carbocycles. The standard InChI is InChI=1S/C14H28N2O/c1-12(17)5-8-15-11-14(2,3)13-6-9-16(4)10-7-13/h13,15H,5-11H2,1-4H3. The SMILES string of the molecule is CC(=O)CCNCC(C)(C)C1CCN(C)CC1. The highest BCUT2D eigenvalue weighted by Crippen LogP contribution is 2.34. The molecule has 0 aromatic rings. The number of piperidine rings is 1. The van der Waals surface area contributed by atoms with Crippen LogP contribution < -0.4 is 5.32 Å². The first-order valence-electron chi connectivity index (χ1n) is 6.80. The maximum atomic E-state index is 10.9. The first-order chi connectivity index (χ1) is 7.92. The van der Waals surface area contributed by atoms with Crippen molar-refractivity contribution in [2.24, 2.45) is 11.3 Å². The molecule has 1 saturated heterocycles. The summed E-state index contributed by atoms with van der Waals surface area (Å²) in [4.78, 5) is 13.3. The van der Waals surface area contributed by atoms with Gasteiger partial charge in [0, 0.05) is 19.5 Å². The van der Waals surface area contributed by atoms with Crippen molar-refractivity contribution >= 4 is 5.78 Å². The number of carbonyl (C=O) groups is 1. The maximum Gasteiger partial charge on any atom is 0.131 e. The number of Topliss-reactive ketones (excluding diaryl/α,β-unsaturated/α-hetero) is 1. The smallest absolute Gasteiger partial charge is 0.131 e. The van der Waals surface area contributed by atoms with Crippen LogP contribution in [0.25, 0.3) is 0 Å². The summed E-state index contributed by atoms with van der Waals surface area (Å²) in [6, 6.07) is 0. The minimum Gasteiger partial charge on any atom is -0.316 e. The fourth-order valence-corrected chi connectivity index (χ4v) is 2.61. The Balaban J connectivity index is 2.27. The first-order valence-corrected chi connectivity index (χ1v) is 6.80. The van der Waals surface area contributed by atoms with E-state index in [0.29, 0.717) is 11.8 Å². The van der Waals surface area contributed by atoms with E-state index < -0.39 is 0 Å². The summed E-state index contributed by atoms with van der Waals surface area (Å²) >= 11 is 0. The van der Waals surface area contributed by atoms with Gasteiger partial charge < -0.3 is 10.2 Å². The Hall–Kier alpha value is -0.410. The number of nitrogens with one attached hydrogen (secondary N) is 1. The minimum absolute atomic E-state index is 0.273.